The third-order valence-electron chi connectivity index (χ3n) is 4.88. The zero-order valence-corrected chi connectivity index (χ0v) is 17.1. The number of esters is 1. The number of aromatic nitrogens is 2. The largest absolute Gasteiger partial charge is 0.440 e. The number of aryl methyl sites for hydroxylation is 1. The summed E-state index contributed by atoms with van der Waals surface area (Å²) in [6.07, 6.45) is 2.92. The molecule has 29 heavy (non-hydrogen) atoms. The number of fused-ring (bicyclic) bond motifs is 1. The molecule has 0 amide bonds. The number of nitrogens with zero attached hydrogens (tertiary/aromatic N) is 3. The summed E-state index contributed by atoms with van der Waals surface area (Å²) < 4.78 is 35.1. The summed E-state index contributed by atoms with van der Waals surface area (Å²) in [7, 11) is -3.98. The van der Waals surface area contributed by atoms with Crippen LogP contribution in [0.4, 0.5) is 5.69 Å². The minimum Gasteiger partial charge on any atom is -0.440 e. The molecule has 1 aromatic heterocycles. The quantitative estimate of drug-likeness (QED) is 0.429. The van der Waals surface area contributed by atoms with E-state index in [-0.39, 0.29) is 10.6 Å². The Labute approximate surface area is 168 Å². The van der Waals surface area contributed by atoms with Crippen molar-refractivity contribution in [1.29, 1.82) is 0 Å². The number of hydrogen-bond donors (Lipinski definition) is 1. The van der Waals surface area contributed by atoms with E-state index in [0.29, 0.717) is 30.4 Å². The average Bonchev–Trinajstić information content (AvgIpc) is 3.06. The first-order valence-corrected chi connectivity index (χ1v) is 10.6. The number of carbonyl (C=O) groups excluding carboxylic acids is 1. The second kappa shape index (κ2) is 7.91. The van der Waals surface area contributed by atoms with Crippen LogP contribution in [0.25, 0.3) is 0 Å². The van der Waals surface area contributed by atoms with Gasteiger partial charge >= 0.3 is 5.97 Å². The van der Waals surface area contributed by atoms with Crippen molar-refractivity contribution in [2.45, 2.75) is 57.2 Å². The summed E-state index contributed by atoms with van der Waals surface area (Å²) in [5, 5.41) is 15.4. The second-order valence-corrected chi connectivity index (χ2v) is 8.69. The Morgan fingerprint density at radius 1 is 1.45 bits per heavy atom. The average molecular weight is 422 g/mol. The summed E-state index contributed by atoms with van der Waals surface area (Å²) in [6.45, 7) is 4.55. The Hall–Kier alpha value is -2.79. The van der Waals surface area contributed by atoms with Crippen molar-refractivity contribution < 1.29 is 22.9 Å². The minimum atomic E-state index is -3.98. The Balaban J connectivity index is 1.89. The smallest absolute Gasteiger partial charge is 0.304 e. The highest BCUT2D eigenvalue weighted by Crippen LogP contribution is 2.33. The highest BCUT2D eigenvalue weighted by Gasteiger charge is 2.30. The minimum absolute atomic E-state index is 0.164. The van der Waals surface area contributed by atoms with Crippen LogP contribution in [-0.2, 0) is 26.0 Å². The summed E-state index contributed by atoms with van der Waals surface area (Å²) in [5.74, 6) is -0.434. The molecule has 1 heterocycles. The highest BCUT2D eigenvalue weighted by atomic mass is 32.2. The third kappa shape index (κ3) is 4.30. The van der Waals surface area contributed by atoms with Crippen LogP contribution in [0.15, 0.2) is 29.3 Å². The van der Waals surface area contributed by atoms with Crippen LogP contribution in [0.3, 0.4) is 0 Å². The van der Waals surface area contributed by atoms with Crippen molar-refractivity contribution in [1.82, 2.24) is 14.5 Å². The molecule has 2 unspecified atom stereocenters. The Bertz CT molecular complexity index is 1060. The van der Waals surface area contributed by atoms with E-state index in [0.717, 1.165) is 11.8 Å². The molecule has 0 bridgehead atoms. The van der Waals surface area contributed by atoms with Gasteiger partial charge in [0.1, 0.15) is 0 Å². The van der Waals surface area contributed by atoms with Gasteiger partial charge in [-0.1, -0.05) is 6.07 Å². The fraction of sp³-hybridized carbons (Fsp3) is 0.444. The molecule has 0 aliphatic heterocycles. The molecule has 0 saturated carbocycles. The number of ether oxygens (including phenoxy) is 1. The van der Waals surface area contributed by atoms with Gasteiger partial charge < -0.3 is 4.74 Å². The first-order chi connectivity index (χ1) is 13.6. The molecular formula is C18H22N4O6S. The van der Waals surface area contributed by atoms with E-state index < -0.39 is 33.2 Å². The van der Waals surface area contributed by atoms with Crippen LogP contribution in [0, 0.1) is 17.0 Å². The Kier molecular flexibility index (Phi) is 5.71. The van der Waals surface area contributed by atoms with Gasteiger partial charge in [-0.3, -0.25) is 14.9 Å². The standard InChI is InChI=1S/C18H22N4O6S/c1-11-7-8-14(9-18(11)22(24)25)29(26,27)20-16-5-4-6-17-15(16)10-19-21(17)12(2)28-13(3)23/h7-10,12,16,20H,4-6H2,1-3H3. The lowest BCUT2D eigenvalue weighted by Gasteiger charge is -2.25. The van der Waals surface area contributed by atoms with Crippen molar-refractivity contribution in [2.24, 2.45) is 0 Å². The summed E-state index contributed by atoms with van der Waals surface area (Å²) in [4.78, 5) is 21.6. The maximum absolute atomic E-state index is 12.9. The maximum Gasteiger partial charge on any atom is 0.304 e. The van der Waals surface area contributed by atoms with E-state index >= 15 is 0 Å². The molecular weight excluding hydrogens is 400 g/mol. The van der Waals surface area contributed by atoms with Gasteiger partial charge in [-0.15, -0.1) is 0 Å². The van der Waals surface area contributed by atoms with Crippen LogP contribution < -0.4 is 4.72 Å². The van der Waals surface area contributed by atoms with E-state index in [1.54, 1.807) is 24.7 Å². The predicted octanol–water partition coefficient (Wildman–Crippen LogP) is 2.54. The summed E-state index contributed by atoms with van der Waals surface area (Å²) in [5.41, 5.74) is 1.64. The topological polar surface area (TPSA) is 133 Å². The molecule has 0 radical (unpaired) electrons. The fourth-order valence-electron chi connectivity index (χ4n) is 3.51. The molecule has 1 aliphatic carbocycles. The number of sulfonamides is 1. The lowest BCUT2D eigenvalue weighted by atomic mass is 9.94. The Morgan fingerprint density at radius 3 is 2.83 bits per heavy atom. The normalized spacial score (nSPS) is 17.4. The molecule has 2 aromatic rings. The lowest BCUT2D eigenvalue weighted by molar-refractivity contribution is -0.385. The van der Waals surface area contributed by atoms with E-state index in [2.05, 4.69) is 9.82 Å². The molecule has 2 atom stereocenters. The van der Waals surface area contributed by atoms with Crippen LogP contribution >= 0.6 is 0 Å². The zero-order valence-electron chi connectivity index (χ0n) is 16.3. The van der Waals surface area contributed by atoms with Crippen molar-refractivity contribution >= 4 is 21.7 Å². The summed E-state index contributed by atoms with van der Waals surface area (Å²) in [6, 6.07) is 3.30. The van der Waals surface area contributed by atoms with Gasteiger partial charge in [-0.05, 0) is 39.2 Å². The van der Waals surface area contributed by atoms with Gasteiger partial charge in [0.2, 0.25) is 10.0 Å². The van der Waals surface area contributed by atoms with Crippen LogP contribution in [0.2, 0.25) is 0 Å². The first-order valence-electron chi connectivity index (χ1n) is 9.11. The molecule has 1 aromatic carbocycles. The SMILES string of the molecule is CC(=O)OC(C)n1ncc2c1CCCC2NS(=O)(=O)c1ccc(C)c([N+](=O)[O-])c1. The van der Waals surface area contributed by atoms with Crippen molar-refractivity contribution in [3.05, 3.63) is 51.3 Å². The number of carbonyl (C=O) groups is 1. The van der Waals surface area contributed by atoms with Crippen molar-refractivity contribution in [3.8, 4) is 0 Å². The number of nitro groups is 1. The lowest BCUT2D eigenvalue weighted by Crippen LogP contribution is -2.31. The number of rotatable bonds is 6. The molecule has 156 valence electrons. The van der Waals surface area contributed by atoms with E-state index in [1.165, 1.54) is 19.1 Å². The van der Waals surface area contributed by atoms with Crippen molar-refractivity contribution in [2.75, 3.05) is 0 Å². The molecule has 0 saturated heterocycles. The fourth-order valence-corrected chi connectivity index (χ4v) is 4.78. The first kappa shape index (κ1) is 20.9. The number of nitro benzene ring substituents is 1. The molecule has 10 nitrogen and oxygen atoms in total. The van der Waals surface area contributed by atoms with Crippen LogP contribution in [0.1, 0.15) is 55.8 Å². The predicted molar refractivity (Wildman–Crippen MR) is 103 cm³/mol. The van der Waals surface area contributed by atoms with Gasteiger partial charge in [0.25, 0.3) is 5.69 Å². The van der Waals surface area contributed by atoms with E-state index in [1.807, 2.05) is 0 Å². The third-order valence-corrected chi connectivity index (χ3v) is 6.35. The number of hydrogen-bond acceptors (Lipinski definition) is 7. The monoisotopic (exact) mass is 422 g/mol. The van der Waals surface area contributed by atoms with Crippen LogP contribution in [-0.4, -0.2) is 29.1 Å². The zero-order chi connectivity index (χ0) is 21.3. The summed E-state index contributed by atoms with van der Waals surface area (Å²) >= 11 is 0. The van der Waals surface area contributed by atoms with E-state index in [9.17, 15) is 23.3 Å². The van der Waals surface area contributed by atoms with Gasteiger partial charge in [0.15, 0.2) is 6.23 Å². The second-order valence-electron chi connectivity index (χ2n) is 6.97. The van der Waals surface area contributed by atoms with Gasteiger partial charge in [0, 0.05) is 29.8 Å². The number of benzene rings is 1. The van der Waals surface area contributed by atoms with E-state index in [4.69, 9.17) is 4.74 Å². The van der Waals surface area contributed by atoms with Crippen LogP contribution in [0.5, 0.6) is 0 Å². The van der Waals surface area contributed by atoms with Gasteiger partial charge in [0.05, 0.1) is 22.1 Å². The van der Waals surface area contributed by atoms with Crippen molar-refractivity contribution in [3.63, 3.8) is 0 Å². The Morgan fingerprint density at radius 2 is 2.17 bits per heavy atom. The highest BCUT2D eigenvalue weighted by molar-refractivity contribution is 7.89. The maximum atomic E-state index is 12.9. The molecule has 0 spiro atoms. The molecule has 1 aliphatic rings. The molecule has 1 N–H and O–H groups in total. The molecule has 11 heteroatoms. The molecule has 3 rings (SSSR count). The number of nitrogens with one attached hydrogen (secondary N) is 1. The van der Waals surface area contributed by atoms with Gasteiger partial charge in [-0.25, -0.2) is 17.8 Å². The van der Waals surface area contributed by atoms with Gasteiger partial charge in [-0.2, -0.15) is 5.10 Å². The molecule has 0 fully saturated rings.